The summed E-state index contributed by atoms with van der Waals surface area (Å²) in [6.07, 6.45) is 2.82. The summed E-state index contributed by atoms with van der Waals surface area (Å²) in [5, 5.41) is 12.7. The van der Waals surface area contributed by atoms with Crippen molar-refractivity contribution in [2.24, 2.45) is 0 Å². The SMILES string of the molecule is FC(F)(F)Sc1cccc(Nc2ncnc(Nc3cc(-c4ccco4)[nH]n3)n2)c1. The molecule has 29 heavy (non-hydrogen) atoms. The molecule has 0 bridgehead atoms. The second-order valence-corrected chi connectivity index (χ2v) is 6.74. The third kappa shape index (κ3) is 5.04. The number of benzene rings is 1. The van der Waals surface area contributed by atoms with E-state index >= 15 is 0 Å². The highest BCUT2D eigenvalue weighted by atomic mass is 32.2. The highest BCUT2D eigenvalue weighted by molar-refractivity contribution is 8.00. The van der Waals surface area contributed by atoms with Crippen LogP contribution in [0.15, 0.2) is 64.4 Å². The number of rotatable bonds is 6. The van der Waals surface area contributed by atoms with Crippen molar-refractivity contribution in [3.8, 4) is 11.5 Å². The molecule has 3 N–H and O–H groups in total. The number of hydrogen-bond acceptors (Lipinski definition) is 8. The highest BCUT2D eigenvalue weighted by Gasteiger charge is 2.29. The zero-order valence-electron chi connectivity index (χ0n) is 14.4. The Bertz CT molecular complexity index is 1100. The number of nitrogens with one attached hydrogen (secondary N) is 3. The molecule has 3 heterocycles. The molecule has 8 nitrogen and oxygen atoms in total. The lowest BCUT2D eigenvalue weighted by molar-refractivity contribution is -0.0328. The van der Waals surface area contributed by atoms with E-state index in [4.69, 9.17) is 4.42 Å². The summed E-state index contributed by atoms with van der Waals surface area (Å²) in [6.45, 7) is 0. The Labute approximate surface area is 166 Å². The zero-order chi connectivity index (χ0) is 20.3. The molecule has 0 radical (unpaired) electrons. The number of hydrogen-bond donors (Lipinski definition) is 3. The van der Waals surface area contributed by atoms with Gasteiger partial charge in [-0.1, -0.05) is 6.07 Å². The van der Waals surface area contributed by atoms with Gasteiger partial charge in [-0.15, -0.1) is 0 Å². The summed E-state index contributed by atoms with van der Waals surface area (Å²) in [7, 11) is 0. The van der Waals surface area contributed by atoms with E-state index < -0.39 is 5.51 Å². The van der Waals surface area contributed by atoms with Crippen LogP contribution in [0.2, 0.25) is 0 Å². The van der Waals surface area contributed by atoms with Gasteiger partial charge in [0.05, 0.1) is 6.26 Å². The maximum atomic E-state index is 12.5. The summed E-state index contributed by atoms with van der Waals surface area (Å²) in [5.74, 6) is 1.46. The second-order valence-electron chi connectivity index (χ2n) is 5.60. The van der Waals surface area contributed by atoms with Crippen LogP contribution < -0.4 is 10.6 Å². The minimum Gasteiger partial charge on any atom is -0.463 e. The summed E-state index contributed by atoms with van der Waals surface area (Å²) >= 11 is -0.193. The van der Waals surface area contributed by atoms with Crippen LogP contribution in [0.25, 0.3) is 11.5 Å². The van der Waals surface area contributed by atoms with Crippen LogP contribution in [0.3, 0.4) is 0 Å². The van der Waals surface area contributed by atoms with E-state index in [9.17, 15) is 13.2 Å². The van der Waals surface area contributed by atoms with Crippen molar-refractivity contribution in [2.45, 2.75) is 10.4 Å². The molecule has 1 aromatic carbocycles. The van der Waals surface area contributed by atoms with E-state index in [2.05, 4.69) is 35.8 Å². The summed E-state index contributed by atoms with van der Waals surface area (Å²) < 4.78 is 42.9. The van der Waals surface area contributed by atoms with Gasteiger partial charge in [0.25, 0.3) is 0 Å². The average molecular weight is 419 g/mol. The van der Waals surface area contributed by atoms with Crippen LogP contribution in [0.5, 0.6) is 0 Å². The number of thioether (sulfide) groups is 1. The van der Waals surface area contributed by atoms with Crippen molar-refractivity contribution in [1.82, 2.24) is 25.1 Å². The maximum absolute atomic E-state index is 12.5. The molecule has 0 aliphatic carbocycles. The Morgan fingerprint density at radius 2 is 1.83 bits per heavy atom. The molecule has 0 spiro atoms. The lowest BCUT2D eigenvalue weighted by atomic mass is 10.3. The summed E-state index contributed by atoms with van der Waals surface area (Å²) in [5.41, 5.74) is -3.28. The minimum atomic E-state index is -4.36. The van der Waals surface area contributed by atoms with Gasteiger partial charge < -0.3 is 15.1 Å². The Kier molecular flexibility index (Phi) is 5.08. The molecule has 0 unspecified atom stereocenters. The van der Waals surface area contributed by atoms with Gasteiger partial charge in [0.1, 0.15) is 12.0 Å². The van der Waals surface area contributed by atoms with Crippen LogP contribution >= 0.6 is 11.8 Å². The van der Waals surface area contributed by atoms with Crippen molar-refractivity contribution < 1.29 is 17.6 Å². The number of halogens is 3. The molecule has 0 amide bonds. The lowest BCUT2D eigenvalue weighted by Crippen LogP contribution is -2.03. The van der Waals surface area contributed by atoms with Crippen molar-refractivity contribution in [2.75, 3.05) is 10.6 Å². The van der Waals surface area contributed by atoms with Gasteiger partial charge in [-0.3, -0.25) is 5.10 Å². The molecule has 4 rings (SSSR count). The van der Waals surface area contributed by atoms with E-state index in [0.29, 0.717) is 23.0 Å². The van der Waals surface area contributed by atoms with Crippen LogP contribution in [0.4, 0.5) is 36.6 Å². The predicted octanol–water partition coefficient (Wildman–Crippen LogP) is 4.95. The van der Waals surface area contributed by atoms with E-state index in [1.165, 1.54) is 24.5 Å². The first kappa shape index (κ1) is 18.8. The number of furan rings is 1. The van der Waals surface area contributed by atoms with Gasteiger partial charge in [-0.05, 0) is 42.1 Å². The molecule has 0 saturated carbocycles. The largest absolute Gasteiger partial charge is 0.463 e. The monoisotopic (exact) mass is 419 g/mol. The zero-order valence-corrected chi connectivity index (χ0v) is 15.3. The van der Waals surface area contributed by atoms with E-state index in [1.54, 1.807) is 30.5 Å². The third-order valence-corrected chi connectivity index (χ3v) is 4.22. The molecule has 3 aromatic heterocycles. The fourth-order valence-corrected chi connectivity index (χ4v) is 2.97. The van der Waals surface area contributed by atoms with Gasteiger partial charge in [0.15, 0.2) is 11.6 Å². The first-order valence-electron chi connectivity index (χ1n) is 8.13. The van der Waals surface area contributed by atoms with Crippen molar-refractivity contribution >= 4 is 35.2 Å². The Morgan fingerprint density at radius 3 is 2.59 bits per heavy atom. The molecule has 12 heteroatoms. The molecule has 148 valence electrons. The van der Waals surface area contributed by atoms with Gasteiger partial charge in [0, 0.05) is 16.6 Å². The molecular weight excluding hydrogens is 407 g/mol. The molecule has 0 atom stereocenters. The topological polar surface area (TPSA) is 105 Å². The first-order valence-corrected chi connectivity index (χ1v) is 8.94. The van der Waals surface area contributed by atoms with Crippen molar-refractivity contribution in [3.05, 3.63) is 55.1 Å². The highest BCUT2D eigenvalue weighted by Crippen LogP contribution is 2.37. The molecule has 0 aliphatic heterocycles. The van der Waals surface area contributed by atoms with Gasteiger partial charge in [0.2, 0.25) is 11.9 Å². The predicted molar refractivity (Wildman–Crippen MR) is 101 cm³/mol. The quantitative estimate of drug-likeness (QED) is 0.377. The smallest absolute Gasteiger partial charge is 0.446 e. The summed E-state index contributed by atoms with van der Waals surface area (Å²) in [4.78, 5) is 12.2. The number of nitrogens with zero attached hydrogens (tertiary/aromatic N) is 4. The fraction of sp³-hybridized carbons (Fsp3) is 0.0588. The molecular formula is C17H12F3N7OS. The van der Waals surface area contributed by atoms with Gasteiger partial charge in [-0.25, -0.2) is 9.97 Å². The molecule has 0 aliphatic rings. The number of alkyl halides is 3. The van der Waals surface area contributed by atoms with Crippen molar-refractivity contribution in [1.29, 1.82) is 0 Å². The van der Waals surface area contributed by atoms with E-state index in [1.807, 2.05) is 0 Å². The first-order chi connectivity index (χ1) is 13.9. The summed E-state index contributed by atoms with van der Waals surface area (Å²) in [6, 6.07) is 11.1. The number of aromatic amines is 1. The van der Waals surface area contributed by atoms with E-state index in [0.717, 1.165) is 0 Å². The van der Waals surface area contributed by atoms with Gasteiger partial charge in [-0.2, -0.15) is 23.3 Å². The number of anilines is 4. The fourth-order valence-electron chi connectivity index (χ4n) is 2.38. The average Bonchev–Trinajstić information content (AvgIpc) is 3.32. The third-order valence-electron chi connectivity index (χ3n) is 3.50. The molecule has 4 aromatic rings. The van der Waals surface area contributed by atoms with Crippen LogP contribution in [-0.4, -0.2) is 30.7 Å². The Hall–Kier alpha value is -3.54. The Morgan fingerprint density at radius 1 is 1.00 bits per heavy atom. The minimum absolute atomic E-state index is 0.0527. The van der Waals surface area contributed by atoms with Crippen LogP contribution in [0, 0.1) is 0 Å². The number of aromatic nitrogens is 5. The Balaban J connectivity index is 1.46. The lowest BCUT2D eigenvalue weighted by Gasteiger charge is -2.09. The van der Waals surface area contributed by atoms with Crippen LogP contribution in [0.1, 0.15) is 0 Å². The van der Waals surface area contributed by atoms with Crippen molar-refractivity contribution in [3.63, 3.8) is 0 Å². The number of H-pyrrole nitrogens is 1. The standard InChI is InChI=1S/C17H12F3N7OS/c18-17(19,20)29-11-4-1-3-10(7-11)23-15-21-9-22-16(25-15)24-14-8-12(26-27-14)13-5-2-6-28-13/h1-9H,(H3,21,22,23,24,25,26,27). The van der Waals surface area contributed by atoms with Gasteiger partial charge >= 0.3 is 5.51 Å². The second kappa shape index (κ2) is 7.83. The van der Waals surface area contributed by atoms with E-state index in [-0.39, 0.29) is 28.6 Å². The van der Waals surface area contributed by atoms with Crippen LogP contribution in [-0.2, 0) is 0 Å². The molecule has 0 saturated heterocycles. The molecule has 0 fully saturated rings. The maximum Gasteiger partial charge on any atom is 0.446 e. The normalized spacial score (nSPS) is 11.4.